The number of hydrogen-bond donors (Lipinski definition) is 1. The zero-order valence-electron chi connectivity index (χ0n) is 11.7. The summed E-state index contributed by atoms with van der Waals surface area (Å²) in [7, 11) is 0. The average molecular weight is 266 g/mol. The van der Waals surface area contributed by atoms with E-state index >= 15 is 0 Å². The number of carbonyl (C=O) groups excluding carboxylic acids is 1. The minimum absolute atomic E-state index is 0.0309. The van der Waals surface area contributed by atoms with Gasteiger partial charge in [-0.05, 0) is 46.2 Å². The Morgan fingerprint density at radius 2 is 1.84 bits per heavy atom. The first kappa shape index (κ1) is 14.9. The topological polar surface area (TPSA) is 81.5 Å². The molecule has 0 fully saturated rings. The predicted molar refractivity (Wildman–Crippen MR) is 72.4 cm³/mol. The zero-order chi connectivity index (χ0) is 14.8. The quantitative estimate of drug-likeness (QED) is 0.655. The van der Waals surface area contributed by atoms with E-state index in [0.29, 0.717) is 11.3 Å². The van der Waals surface area contributed by atoms with Gasteiger partial charge in [0.05, 0.1) is 10.6 Å². The van der Waals surface area contributed by atoms with Gasteiger partial charge in [-0.1, -0.05) is 0 Å². The minimum Gasteiger partial charge on any atom is -0.444 e. The maximum absolute atomic E-state index is 11.6. The zero-order valence-corrected chi connectivity index (χ0v) is 11.7. The van der Waals surface area contributed by atoms with Crippen molar-refractivity contribution in [2.24, 2.45) is 0 Å². The number of ether oxygens (including phenoxy) is 1. The molecule has 104 valence electrons. The fourth-order valence-electron chi connectivity index (χ4n) is 1.59. The van der Waals surface area contributed by atoms with E-state index in [0.717, 1.165) is 5.56 Å². The van der Waals surface area contributed by atoms with Crippen molar-refractivity contribution in [3.8, 4) is 0 Å². The largest absolute Gasteiger partial charge is 0.444 e. The molecule has 0 aliphatic heterocycles. The number of rotatable bonds is 2. The Labute approximate surface area is 111 Å². The summed E-state index contributed by atoms with van der Waals surface area (Å²) in [6.07, 6.45) is -0.631. The predicted octanol–water partition coefficient (Wildman–Crippen LogP) is 3.56. The maximum Gasteiger partial charge on any atom is 0.412 e. The van der Waals surface area contributed by atoms with Crippen molar-refractivity contribution in [2.45, 2.75) is 40.2 Å². The Hall–Kier alpha value is -2.11. The molecule has 0 aliphatic carbocycles. The fourth-order valence-corrected chi connectivity index (χ4v) is 1.59. The van der Waals surface area contributed by atoms with E-state index < -0.39 is 16.6 Å². The highest BCUT2D eigenvalue weighted by atomic mass is 16.6. The van der Waals surface area contributed by atoms with Gasteiger partial charge in [-0.2, -0.15) is 0 Å². The average Bonchev–Trinajstić information content (AvgIpc) is 2.18. The van der Waals surface area contributed by atoms with E-state index in [-0.39, 0.29) is 5.69 Å². The van der Waals surface area contributed by atoms with Gasteiger partial charge in [0.15, 0.2) is 0 Å². The van der Waals surface area contributed by atoms with E-state index in [1.54, 1.807) is 40.7 Å². The summed E-state index contributed by atoms with van der Waals surface area (Å²) in [6, 6.07) is 3.00. The molecule has 0 saturated heterocycles. The number of carbonyl (C=O) groups is 1. The van der Waals surface area contributed by atoms with Gasteiger partial charge in [0, 0.05) is 11.6 Å². The van der Waals surface area contributed by atoms with Gasteiger partial charge in [-0.3, -0.25) is 15.4 Å². The van der Waals surface area contributed by atoms with Crippen LogP contribution in [-0.2, 0) is 4.74 Å². The summed E-state index contributed by atoms with van der Waals surface area (Å²) in [5.41, 5.74) is 1.03. The van der Waals surface area contributed by atoms with Crippen LogP contribution in [0.15, 0.2) is 12.1 Å². The molecular formula is C13H18N2O4. The summed E-state index contributed by atoms with van der Waals surface area (Å²) in [6.45, 7) is 8.66. The summed E-state index contributed by atoms with van der Waals surface area (Å²) < 4.78 is 5.11. The normalized spacial score (nSPS) is 11.0. The van der Waals surface area contributed by atoms with Crippen LogP contribution in [0.3, 0.4) is 0 Å². The standard InChI is InChI=1S/C13H18N2O4/c1-8-6-9(2)11(15(17)18)7-10(8)14-12(16)19-13(3,4)5/h6-7H,1-5H3,(H,14,16). The molecule has 0 bridgehead atoms. The first-order chi connectivity index (χ1) is 8.60. The lowest BCUT2D eigenvalue weighted by molar-refractivity contribution is -0.385. The molecule has 1 N–H and O–H groups in total. The minimum atomic E-state index is -0.631. The van der Waals surface area contributed by atoms with Crippen LogP contribution in [0, 0.1) is 24.0 Å². The fraction of sp³-hybridized carbons (Fsp3) is 0.462. The van der Waals surface area contributed by atoms with Crippen molar-refractivity contribution in [3.63, 3.8) is 0 Å². The Morgan fingerprint density at radius 3 is 2.32 bits per heavy atom. The lowest BCUT2D eigenvalue weighted by Gasteiger charge is -2.20. The van der Waals surface area contributed by atoms with Gasteiger partial charge in [-0.25, -0.2) is 4.79 Å². The molecule has 0 spiro atoms. The molecular weight excluding hydrogens is 248 g/mol. The highest BCUT2D eigenvalue weighted by molar-refractivity contribution is 5.86. The van der Waals surface area contributed by atoms with E-state index in [1.807, 2.05) is 0 Å². The van der Waals surface area contributed by atoms with Crippen molar-refractivity contribution in [2.75, 3.05) is 5.32 Å². The molecule has 0 radical (unpaired) electrons. The third-order valence-electron chi connectivity index (χ3n) is 2.38. The highest BCUT2D eigenvalue weighted by Crippen LogP contribution is 2.26. The van der Waals surface area contributed by atoms with Crippen molar-refractivity contribution in [3.05, 3.63) is 33.4 Å². The third kappa shape index (κ3) is 4.24. The summed E-state index contributed by atoms with van der Waals surface area (Å²) in [5, 5.41) is 13.4. The number of amides is 1. The lowest BCUT2D eigenvalue weighted by Crippen LogP contribution is -2.27. The molecule has 0 atom stereocenters. The second-order valence-corrected chi connectivity index (χ2v) is 5.34. The van der Waals surface area contributed by atoms with Gasteiger partial charge in [0.25, 0.3) is 5.69 Å². The summed E-state index contributed by atoms with van der Waals surface area (Å²) >= 11 is 0. The third-order valence-corrected chi connectivity index (χ3v) is 2.38. The second-order valence-electron chi connectivity index (χ2n) is 5.34. The molecule has 6 heteroatoms. The van der Waals surface area contributed by atoms with Crippen LogP contribution in [0.1, 0.15) is 31.9 Å². The Bertz CT molecular complexity index is 518. The van der Waals surface area contributed by atoms with Crippen LogP contribution in [0.2, 0.25) is 0 Å². The SMILES string of the molecule is Cc1cc(C)c([N+](=O)[O-])cc1NC(=O)OC(C)(C)C. The number of nitrogens with one attached hydrogen (secondary N) is 1. The molecule has 1 aromatic carbocycles. The number of aryl methyl sites for hydroxylation is 2. The van der Waals surface area contributed by atoms with Crippen molar-refractivity contribution in [1.82, 2.24) is 0 Å². The van der Waals surface area contributed by atoms with Crippen molar-refractivity contribution >= 4 is 17.5 Å². The van der Waals surface area contributed by atoms with E-state index in [4.69, 9.17) is 4.74 Å². The van der Waals surface area contributed by atoms with E-state index in [1.165, 1.54) is 6.07 Å². The lowest BCUT2D eigenvalue weighted by atomic mass is 10.1. The summed E-state index contributed by atoms with van der Waals surface area (Å²) in [4.78, 5) is 22.0. The molecule has 0 unspecified atom stereocenters. The van der Waals surface area contributed by atoms with Gasteiger partial charge in [0.1, 0.15) is 5.60 Å². The number of nitro groups is 1. The Balaban J connectivity index is 2.99. The molecule has 19 heavy (non-hydrogen) atoms. The maximum atomic E-state index is 11.6. The molecule has 0 aliphatic rings. The highest BCUT2D eigenvalue weighted by Gasteiger charge is 2.19. The van der Waals surface area contributed by atoms with Crippen molar-refractivity contribution in [1.29, 1.82) is 0 Å². The van der Waals surface area contributed by atoms with Crippen LogP contribution in [0.4, 0.5) is 16.2 Å². The van der Waals surface area contributed by atoms with E-state index in [2.05, 4.69) is 5.32 Å². The number of nitro benzene ring substituents is 1. The number of benzene rings is 1. The van der Waals surface area contributed by atoms with Crippen LogP contribution >= 0.6 is 0 Å². The first-order valence-electron chi connectivity index (χ1n) is 5.86. The molecule has 0 aromatic heterocycles. The Morgan fingerprint density at radius 1 is 1.26 bits per heavy atom. The molecule has 1 amide bonds. The number of hydrogen-bond acceptors (Lipinski definition) is 4. The molecule has 6 nitrogen and oxygen atoms in total. The smallest absolute Gasteiger partial charge is 0.412 e. The van der Waals surface area contributed by atoms with Gasteiger partial charge in [-0.15, -0.1) is 0 Å². The monoisotopic (exact) mass is 266 g/mol. The molecule has 1 rings (SSSR count). The number of nitrogens with zero attached hydrogens (tertiary/aromatic N) is 1. The van der Waals surface area contributed by atoms with Crippen LogP contribution in [-0.4, -0.2) is 16.6 Å². The molecule has 0 saturated carbocycles. The Kier molecular flexibility index (Phi) is 4.14. The first-order valence-corrected chi connectivity index (χ1v) is 5.86. The number of anilines is 1. The van der Waals surface area contributed by atoms with Crippen molar-refractivity contribution < 1.29 is 14.5 Å². The van der Waals surface area contributed by atoms with Gasteiger partial charge in [0.2, 0.25) is 0 Å². The molecule has 0 heterocycles. The van der Waals surface area contributed by atoms with Crippen LogP contribution in [0.5, 0.6) is 0 Å². The second kappa shape index (κ2) is 5.26. The summed E-state index contributed by atoms with van der Waals surface area (Å²) in [5.74, 6) is 0. The van der Waals surface area contributed by atoms with Crippen LogP contribution < -0.4 is 5.32 Å². The molecule has 1 aromatic rings. The van der Waals surface area contributed by atoms with Gasteiger partial charge >= 0.3 is 6.09 Å². The van der Waals surface area contributed by atoms with Crippen LogP contribution in [0.25, 0.3) is 0 Å². The van der Waals surface area contributed by atoms with E-state index in [9.17, 15) is 14.9 Å². The van der Waals surface area contributed by atoms with Gasteiger partial charge < -0.3 is 4.74 Å².